The summed E-state index contributed by atoms with van der Waals surface area (Å²) in [7, 11) is 0. The molecule has 1 fully saturated rings. The summed E-state index contributed by atoms with van der Waals surface area (Å²) in [5.74, 6) is 1.21. The van der Waals surface area contributed by atoms with E-state index < -0.39 is 0 Å². The van der Waals surface area contributed by atoms with Crippen LogP contribution < -0.4 is 15.8 Å². The lowest BCUT2D eigenvalue weighted by atomic mass is 9.96. The molecule has 0 bridgehead atoms. The number of nitrogens with zero attached hydrogens (tertiary/aromatic N) is 3. The van der Waals surface area contributed by atoms with E-state index in [2.05, 4.69) is 20.4 Å². The van der Waals surface area contributed by atoms with E-state index in [1.807, 2.05) is 24.3 Å². The van der Waals surface area contributed by atoms with Crippen molar-refractivity contribution in [3.8, 4) is 5.75 Å². The number of amides is 2. The highest BCUT2D eigenvalue weighted by Gasteiger charge is 2.22. The number of carbonyl (C=O) groups is 2. The van der Waals surface area contributed by atoms with Gasteiger partial charge in [-0.05, 0) is 74.3 Å². The van der Waals surface area contributed by atoms with E-state index in [-0.39, 0.29) is 24.3 Å². The standard InChI is InChI=1S/C25H29N5O4/c1-17-27-23(29-34-17)16-33-22-8-4-20(5-9-22)25(32)28-21-6-2-18(3-7-21)10-13-30-14-11-19(12-15-30)24(26)31/h2-9,19H,10-16H2,1H3,(H2,26,31)(H,28,32). The number of aryl methyl sites for hydroxylation is 1. The van der Waals surface area contributed by atoms with Crippen LogP contribution in [0.25, 0.3) is 0 Å². The van der Waals surface area contributed by atoms with Crippen LogP contribution in [0.4, 0.5) is 5.69 Å². The van der Waals surface area contributed by atoms with Crippen molar-refractivity contribution < 1.29 is 18.8 Å². The van der Waals surface area contributed by atoms with Gasteiger partial charge in [-0.3, -0.25) is 9.59 Å². The summed E-state index contributed by atoms with van der Waals surface area (Å²) in [6.07, 6.45) is 2.60. The molecule has 0 radical (unpaired) electrons. The predicted molar refractivity (Wildman–Crippen MR) is 126 cm³/mol. The third kappa shape index (κ3) is 6.41. The van der Waals surface area contributed by atoms with E-state index in [4.69, 9.17) is 15.0 Å². The fourth-order valence-corrected chi connectivity index (χ4v) is 3.94. The van der Waals surface area contributed by atoms with E-state index in [9.17, 15) is 9.59 Å². The molecule has 1 aliphatic rings. The van der Waals surface area contributed by atoms with Crippen LogP contribution in [-0.2, 0) is 17.8 Å². The highest BCUT2D eigenvalue weighted by molar-refractivity contribution is 6.04. The van der Waals surface area contributed by atoms with Gasteiger partial charge in [0.15, 0.2) is 6.61 Å². The molecule has 1 saturated heterocycles. The van der Waals surface area contributed by atoms with Crippen molar-refractivity contribution in [1.29, 1.82) is 0 Å². The van der Waals surface area contributed by atoms with Gasteiger partial charge >= 0.3 is 0 Å². The molecule has 9 heteroatoms. The van der Waals surface area contributed by atoms with Gasteiger partial charge < -0.3 is 25.2 Å². The second kappa shape index (κ2) is 10.9. The first kappa shape index (κ1) is 23.4. The average Bonchev–Trinajstić information content (AvgIpc) is 3.28. The Morgan fingerprint density at radius 3 is 2.44 bits per heavy atom. The number of aromatic nitrogens is 2. The zero-order valence-electron chi connectivity index (χ0n) is 19.2. The summed E-state index contributed by atoms with van der Waals surface area (Å²) in [5, 5.41) is 6.70. The van der Waals surface area contributed by atoms with Gasteiger partial charge in [-0.1, -0.05) is 17.3 Å². The predicted octanol–water partition coefficient (Wildman–Crippen LogP) is 2.95. The Labute approximate surface area is 198 Å². The van der Waals surface area contributed by atoms with Crippen molar-refractivity contribution in [2.45, 2.75) is 32.8 Å². The van der Waals surface area contributed by atoms with E-state index >= 15 is 0 Å². The number of carbonyl (C=O) groups excluding carboxylic acids is 2. The topological polar surface area (TPSA) is 124 Å². The molecule has 0 spiro atoms. The van der Waals surface area contributed by atoms with Crippen LogP contribution in [-0.4, -0.2) is 46.5 Å². The van der Waals surface area contributed by atoms with Gasteiger partial charge in [0.1, 0.15) is 5.75 Å². The van der Waals surface area contributed by atoms with Gasteiger partial charge in [-0.25, -0.2) is 0 Å². The smallest absolute Gasteiger partial charge is 0.255 e. The van der Waals surface area contributed by atoms with Gasteiger partial charge in [0.25, 0.3) is 5.91 Å². The fourth-order valence-electron chi connectivity index (χ4n) is 3.94. The molecular formula is C25H29N5O4. The number of hydrogen-bond donors (Lipinski definition) is 2. The Bertz CT molecular complexity index is 1100. The number of hydrogen-bond acceptors (Lipinski definition) is 7. The lowest BCUT2D eigenvalue weighted by molar-refractivity contribution is -0.123. The molecule has 3 aromatic rings. The number of likely N-dealkylation sites (tertiary alicyclic amines) is 1. The zero-order valence-corrected chi connectivity index (χ0v) is 19.2. The van der Waals surface area contributed by atoms with Crippen molar-refractivity contribution >= 4 is 17.5 Å². The summed E-state index contributed by atoms with van der Waals surface area (Å²) in [6.45, 7) is 4.67. The molecule has 0 saturated carbocycles. The summed E-state index contributed by atoms with van der Waals surface area (Å²) in [5.41, 5.74) is 7.88. The highest BCUT2D eigenvalue weighted by atomic mass is 16.5. The maximum Gasteiger partial charge on any atom is 0.255 e. The number of primary amides is 1. The zero-order chi connectivity index (χ0) is 23.9. The highest BCUT2D eigenvalue weighted by Crippen LogP contribution is 2.18. The minimum absolute atomic E-state index is 0.0175. The normalized spacial score (nSPS) is 14.6. The maximum atomic E-state index is 12.6. The molecule has 178 valence electrons. The fraction of sp³-hybridized carbons (Fsp3) is 0.360. The number of anilines is 1. The molecule has 34 heavy (non-hydrogen) atoms. The van der Waals surface area contributed by atoms with Crippen molar-refractivity contribution in [1.82, 2.24) is 15.0 Å². The lowest BCUT2D eigenvalue weighted by Gasteiger charge is -2.30. The minimum atomic E-state index is -0.189. The number of nitrogens with one attached hydrogen (secondary N) is 1. The van der Waals surface area contributed by atoms with Gasteiger partial charge in [0.2, 0.25) is 17.6 Å². The second-order valence-electron chi connectivity index (χ2n) is 8.46. The average molecular weight is 464 g/mol. The lowest BCUT2D eigenvalue weighted by Crippen LogP contribution is -2.39. The van der Waals surface area contributed by atoms with E-state index in [1.54, 1.807) is 31.2 Å². The maximum absolute atomic E-state index is 12.6. The Kier molecular flexibility index (Phi) is 7.54. The molecule has 1 aromatic heterocycles. The van der Waals surface area contributed by atoms with Gasteiger partial charge in [0.05, 0.1) is 0 Å². The van der Waals surface area contributed by atoms with Crippen molar-refractivity contribution in [2.24, 2.45) is 11.7 Å². The quantitative estimate of drug-likeness (QED) is 0.500. The number of rotatable bonds is 9. The largest absolute Gasteiger partial charge is 0.485 e. The molecule has 0 aliphatic carbocycles. The molecule has 3 N–H and O–H groups in total. The molecule has 2 aromatic carbocycles. The summed E-state index contributed by atoms with van der Waals surface area (Å²) < 4.78 is 10.5. The summed E-state index contributed by atoms with van der Waals surface area (Å²) in [6, 6.07) is 14.8. The van der Waals surface area contributed by atoms with Crippen molar-refractivity contribution in [3.05, 3.63) is 71.4 Å². The molecule has 0 atom stereocenters. The summed E-state index contributed by atoms with van der Waals surface area (Å²) in [4.78, 5) is 30.3. The Balaban J connectivity index is 1.22. The SMILES string of the molecule is Cc1nc(COc2ccc(C(=O)Nc3ccc(CCN4CCC(C(N)=O)CC4)cc3)cc2)no1. The Morgan fingerprint density at radius 1 is 1.12 bits per heavy atom. The first-order chi connectivity index (χ1) is 16.5. The van der Waals surface area contributed by atoms with Gasteiger partial charge in [-0.15, -0.1) is 0 Å². The molecule has 2 heterocycles. The third-order valence-electron chi connectivity index (χ3n) is 5.97. The van der Waals surface area contributed by atoms with Crippen LogP contribution in [0.2, 0.25) is 0 Å². The monoisotopic (exact) mass is 463 g/mol. The van der Waals surface area contributed by atoms with E-state index in [0.29, 0.717) is 23.0 Å². The van der Waals surface area contributed by atoms with Crippen LogP contribution in [0.1, 0.15) is 40.5 Å². The summed E-state index contributed by atoms with van der Waals surface area (Å²) >= 11 is 0. The van der Waals surface area contributed by atoms with Crippen LogP contribution in [0.5, 0.6) is 5.75 Å². The molecule has 9 nitrogen and oxygen atoms in total. The second-order valence-corrected chi connectivity index (χ2v) is 8.46. The first-order valence-corrected chi connectivity index (χ1v) is 11.4. The van der Waals surface area contributed by atoms with Crippen LogP contribution in [0.3, 0.4) is 0 Å². The number of piperidine rings is 1. The van der Waals surface area contributed by atoms with Crippen molar-refractivity contribution in [2.75, 3.05) is 25.0 Å². The van der Waals surface area contributed by atoms with E-state index in [0.717, 1.165) is 44.6 Å². The van der Waals surface area contributed by atoms with Gasteiger partial charge in [-0.2, -0.15) is 4.98 Å². The van der Waals surface area contributed by atoms with Gasteiger partial charge in [0, 0.05) is 30.6 Å². The molecule has 1 aliphatic heterocycles. The number of ether oxygens (including phenoxy) is 1. The molecule has 2 amide bonds. The first-order valence-electron chi connectivity index (χ1n) is 11.4. The number of nitrogens with two attached hydrogens (primary N) is 1. The molecule has 0 unspecified atom stereocenters. The molecular weight excluding hydrogens is 434 g/mol. The van der Waals surface area contributed by atoms with E-state index in [1.165, 1.54) is 5.56 Å². The Morgan fingerprint density at radius 2 is 1.82 bits per heavy atom. The van der Waals surface area contributed by atoms with Crippen LogP contribution in [0, 0.1) is 12.8 Å². The Hall–Kier alpha value is -3.72. The van der Waals surface area contributed by atoms with Crippen LogP contribution in [0.15, 0.2) is 53.1 Å². The third-order valence-corrected chi connectivity index (χ3v) is 5.97. The van der Waals surface area contributed by atoms with Crippen molar-refractivity contribution in [3.63, 3.8) is 0 Å². The van der Waals surface area contributed by atoms with Crippen LogP contribution >= 0.6 is 0 Å². The number of benzene rings is 2. The minimum Gasteiger partial charge on any atom is -0.485 e. The molecule has 4 rings (SSSR count).